The van der Waals surface area contributed by atoms with Crippen molar-refractivity contribution in [1.82, 2.24) is 10.2 Å². The summed E-state index contributed by atoms with van der Waals surface area (Å²) >= 11 is 0. The molecule has 0 radical (unpaired) electrons. The van der Waals surface area contributed by atoms with Crippen LogP contribution in [-0.4, -0.2) is 54.7 Å². The minimum absolute atomic E-state index is 0. The fourth-order valence-corrected chi connectivity index (χ4v) is 2.76. The van der Waals surface area contributed by atoms with Crippen LogP contribution in [0.5, 0.6) is 0 Å². The monoisotopic (exact) mass is 313 g/mol. The maximum Gasteiger partial charge on any atom is 0.242 e. The topological polar surface area (TPSA) is 67.6 Å². The third kappa shape index (κ3) is 4.46. The fraction of sp³-hybridized carbons (Fsp3) is 0.917. The molecule has 2 fully saturated rings. The van der Waals surface area contributed by atoms with Crippen molar-refractivity contribution in [3.05, 3.63) is 0 Å². The lowest BCUT2D eigenvalue weighted by atomic mass is 9.89. The van der Waals surface area contributed by atoms with Crippen LogP contribution in [0.3, 0.4) is 0 Å². The lowest BCUT2D eigenvalue weighted by Gasteiger charge is -2.42. The van der Waals surface area contributed by atoms with Gasteiger partial charge >= 0.3 is 0 Å². The molecule has 2 atom stereocenters. The number of rotatable bonds is 1. The van der Waals surface area contributed by atoms with Crippen LogP contribution in [-0.2, 0) is 9.53 Å². The Kier molecular flexibility index (Phi) is 7.62. The summed E-state index contributed by atoms with van der Waals surface area (Å²) in [5, 5.41) is 3.42. The molecule has 114 valence electrons. The molecule has 3 N–H and O–H groups in total. The predicted octanol–water partition coefficient (Wildman–Crippen LogP) is 0.547. The number of nitrogens with one attached hydrogen (secondary N) is 1. The Hall–Kier alpha value is -0.0700. The van der Waals surface area contributed by atoms with Crippen molar-refractivity contribution in [2.45, 2.75) is 44.3 Å². The van der Waals surface area contributed by atoms with Gasteiger partial charge in [-0.05, 0) is 26.7 Å². The number of nitrogens with zero attached hydrogens (tertiary/aromatic N) is 1. The van der Waals surface area contributed by atoms with Gasteiger partial charge in [-0.1, -0.05) is 0 Å². The Bertz CT molecular complexity index is 289. The summed E-state index contributed by atoms with van der Waals surface area (Å²) in [7, 11) is 0. The quantitative estimate of drug-likeness (QED) is 0.742. The number of hydrogen-bond acceptors (Lipinski definition) is 4. The maximum atomic E-state index is 12.5. The zero-order valence-corrected chi connectivity index (χ0v) is 13.2. The average Bonchev–Trinajstić information content (AvgIpc) is 2.27. The second-order valence-electron chi connectivity index (χ2n) is 5.45. The summed E-state index contributed by atoms with van der Waals surface area (Å²) in [4.78, 5) is 14.4. The standard InChI is InChI=1S/C12H23N3O2.2ClH/c1-9-7-15(8-10(2)14-9)11(16)12(13)3-5-17-6-4-12;;/h9-10,14H,3-8,13H2,1-2H3;2*1H. The third-order valence-corrected chi connectivity index (χ3v) is 3.66. The summed E-state index contributed by atoms with van der Waals surface area (Å²) in [6.07, 6.45) is 1.27. The first-order chi connectivity index (χ1) is 8.01. The van der Waals surface area contributed by atoms with Crippen molar-refractivity contribution in [3.63, 3.8) is 0 Å². The molecule has 0 spiro atoms. The Morgan fingerprint density at radius 2 is 1.68 bits per heavy atom. The Morgan fingerprint density at radius 3 is 2.16 bits per heavy atom. The number of carbonyl (C=O) groups is 1. The highest BCUT2D eigenvalue weighted by molar-refractivity contribution is 5.86. The summed E-state index contributed by atoms with van der Waals surface area (Å²) in [6.45, 7) is 6.90. The lowest BCUT2D eigenvalue weighted by Crippen LogP contribution is -2.64. The molecular weight excluding hydrogens is 289 g/mol. The van der Waals surface area contributed by atoms with Gasteiger partial charge in [0.1, 0.15) is 0 Å². The van der Waals surface area contributed by atoms with Crippen LogP contribution in [0, 0.1) is 0 Å². The number of carbonyl (C=O) groups excluding carboxylic acids is 1. The first-order valence-corrected chi connectivity index (χ1v) is 6.43. The highest BCUT2D eigenvalue weighted by Gasteiger charge is 2.40. The minimum atomic E-state index is -0.699. The van der Waals surface area contributed by atoms with Crippen molar-refractivity contribution in [2.24, 2.45) is 5.73 Å². The number of piperazine rings is 1. The van der Waals surface area contributed by atoms with Crippen LogP contribution < -0.4 is 11.1 Å². The number of halogens is 2. The van der Waals surface area contributed by atoms with Crippen molar-refractivity contribution in [1.29, 1.82) is 0 Å². The molecule has 2 unspecified atom stereocenters. The number of hydrogen-bond donors (Lipinski definition) is 2. The van der Waals surface area contributed by atoms with E-state index in [9.17, 15) is 4.79 Å². The van der Waals surface area contributed by atoms with Crippen molar-refractivity contribution >= 4 is 30.7 Å². The Labute approximate surface area is 127 Å². The van der Waals surface area contributed by atoms with Crippen LogP contribution in [0.15, 0.2) is 0 Å². The van der Waals surface area contributed by atoms with Gasteiger partial charge in [0.25, 0.3) is 0 Å². The van der Waals surface area contributed by atoms with Gasteiger partial charge in [0, 0.05) is 38.4 Å². The van der Waals surface area contributed by atoms with E-state index in [1.807, 2.05) is 4.90 Å². The normalized spacial score (nSPS) is 29.9. The van der Waals surface area contributed by atoms with Gasteiger partial charge in [-0.25, -0.2) is 0 Å². The van der Waals surface area contributed by atoms with E-state index >= 15 is 0 Å². The van der Waals surface area contributed by atoms with E-state index in [1.54, 1.807) is 0 Å². The summed E-state index contributed by atoms with van der Waals surface area (Å²) in [6, 6.07) is 0.678. The molecule has 1 amide bonds. The van der Waals surface area contributed by atoms with Gasteiger partial charge in [-0.3, -0.25) is 4.79 Å². The molecule has 0 aromatic rings. The van der Waals surface area contributed by atoms with Crippen molar-refractivity contribution in [3.8, 4) is 0 Å². The fourth-order valence-electron chi connectivity index (χ4n) is 2.76. The zero-order valence-electron chi connectivity index (χ0n) is 11.6. The van der Waals surface area contributed by atoms with Gasteiger partial charge in [-0.2, -0.15) is 0 Å². The van der Waals surface area contributed by atoms with Gasteiger partial charge in [0.15, 0.2) is 0 Å². The molecule has 7 heteroatoms. The molecule has 2 saturated heterocycles. The first-order valence-electron chi connectivity index (χ1n) is 6.43. The van der Waals surface area contributed by atoms with Crippen molar-refractivity contribution in [2.75, 3.05) is 26.3 Å². The molecule has 2 aliphatic rings. The van der Waals surface area contributed by atoms with E-state index in [2.05, 4.69) is 19.2 Å². The lowest BCUT2D eigenvalue weighted by molar-refractivity contribution is -0.142. The molecular formula is C12H25Cl2N3O2. The number of amides is 1. The van der Waals surface area contributed by atoms with Gasteiger partial charge in [-0.15, -0.1) is 24.8 Å². The molecule has 0 aromatic carbocycles. The second-order valence-corrected chi connectivity index (χ2v) is 5.45. The number of nitrogens with two attached hydrogens (primary N) is 1. The Balaban J connectivity index is 0.00000162. The van der Waals surface area contributed by atoms with Gasteiger partial charge in [0.2, 0.25) is 5.91 Å². The molecule has 0 saturated carbocycles. The molecule has 19 heavy (non-hydrogen) atoms. The second kappa shape index (κ2) is 7.64. The van der Waals surface area contributed by atoms with Crippen LogP contribution >= 0.6 is 24.8 Å². The van der Waals surface area contributed by atoms with E-state index in [0.717, 1.165) is 13.1 Å². The highest BCUT2D eigenvalue weighted by Crippen LogP contribution is 2.21. The Morgan fingerprint density at radius 1 is 1.21 bits per heavy atom. The summed E-state index contributed by atoms with van der Waals surface area (Å²) in [5.74, 6) is 0.0981. The smallest absolute Gasteiger partial charge is 0.242 e. The van der Waals surface area contributed by atoms with Gasteiger partial charge in [0.05, 0.1) is 5.54 Å². The zero-order chi connectivity index (χ0) is 12.5. The first kappa shape index (κ1) is 18.9. The third-order valence-electron chi connectivity index (χ3n) is 3.66. The summed E-state index contributed by atoms with van der Waals surface area (Å²) in [5.41, 5.74) is 5.53. The molecule has 0 aromatic heterocycles. The van der Waals surface area contributed by atoms with Crippen LogP contribution in [0.1, 0.15) is 26.7 Å². The number of ether oxygens (including phenoxy) is 1. The molecule has 0 bridgehead atoms. The SMILES string of the molecule is CC1CN(C(=O)C2(N)CCOCC2)CC(C)N1.Cl.Cl. The van der Waals surface area contributed by atoms with E-state index in [4.69, 9.17) is 10.5 Å². The van der Waals surface area contributed by atoms with Crippen LogP contribution in [0.25, 0.3) is 0 Å². The molecule has 0 aliphatic carbocycles. The summed E-state index contributed by atoms with van der Waals surface area (Å²) < 4.78 is 5.28. The minimum Gasteiger partial charge on any atom is -0.381 e. The highest BCUT2D eigenvalue weighted by atomic mass is 35.5. The van der Waals surface area contributed by atoms with Crippen LogP contribution in [0.2, 0.25) is 0 Å². The average molecular weight is 314 g/mol. The van der Waals surface area contributed by atoms with E-state index in [-0.39, 0.29) is 30.7 Å². The van der Waals surface area contributed by atoms with E-state index < -0.39 is 5.54 Å². The van der Waals surface area contributed by atoms with Gasteiger partial charge < -0.3 is 20.7 Å². The van der Waals surface area contributed by atoms with E-state index in [0.29, 0.717) is 38.1 Å². The van der Waals surface area contributed by atoms with Crippen LogP contribution in [0.4, 0.5) is 0 Å². The van der Waals surface area contributed by atoms with E-state index in [1.165, 1.54) is 0 Å². The molecule has 5 nitrogen and oxygen atoms in total. The largest absolute Gasteiger partial charge is 0.381 e. The maximum absolute atomic E-state index is 12.5. The molecule has 2 rings (SSSR count). The molecule has 2 heterocycles. The predicted molar refractivity (Wildman–Crippen MR) is 80.1 cm³/mol. The van der Waals surface area contributed by atoms with Crippen molar-refractivity contribution < 1.29 is 9.53 Å². The molecule has 2 aliphatic heterocycles.